The zero-order valence-electron chi connectivity index (χ0n) is 15.8. The lowest BCUT2D eigenvalue weighted by atomic mass is 10.1. The Kier molecular flexibility index (Phi) is 6.14. The number of thioether (sulfide) groups is 1. The van der Waals surface area contributed by atoms with Crippen LogP contribution in [0.15, 0.2) is 35.5 Å². The first kappa shape index (κ1) is 23.8. The fourth-order valence-electron chi connectivity index (χ4n) is 2.67. The van der Waals surface area contributed by atoms with Gasteiger partial charge in [0.2, 0.25) is 0 Å². The summed E-state index contributed by atoms with van der Waals surface area (Å²) in [5.41, 5.74) is -4.94. The molecule has 0 aliphatic heterocycles. The Bertz CT molecular complexity index is 1190. The number of halogens is 8. The summed E-state index contributed by atoms with van der Waals surface area (Å²) in [5.74, 6) is -4.85. The van der Waals surface area contributed by atoms with Crippen LogP contribution in [-0.2, 0) is 12.7 Å². The second-order valence-electron chi connectivity index (χ2n) is 6.41. The smallest absolute Gasteiger partial charge is 0.455 e. The van der Waals surface area contributed by atoms with Crippen molar-refractivity contribution in [3.8, 4) is 16.9 Å². The number of rotatable bonds is 6. The lowest BCUT2D eigenvalue weighted by Gasteiger charge is -2.19. The van der Waals surface area contributed by atoms with E-state index in [1.807, 2.05) is 0 Å². The first-order valence-corrected chi connectivity index (χ1v) is 9.87. The Morgan fingerprint density at radius 2 is 1.81 bits per heavy atom. The van der Waals surface area contributed by atoms with Gasteiger partial charge >= 0.3 is 18.3 Å². The SMILES string of the molecule is CSCOc1ccn2c(=O)c(-c3cnn(CC(F)(F)C(F)(F)F)c3)c(C(F)(F)F)nc2c1. The second kappa shape index (κ2) is 8.26. The highest BCUT2D eigenvalue weighted by Crippen LogP contribution is 2.38. The maximum Gasteiger partial charge on any atom is 0.455 e. The van der Waals surface area contributed by atoms with Crippen LogP contribution in [0.3, 0.4) is 0 Å². The monoisotopic (exact) mass is 488 g/mol. The summed E-state index contributed by atoms with van der Waals surface area (Å²) in [7, 11) is 0. The minimum atomic E-state index is -5.89. The van der Waals surface area contributed by atoms with Gasteiger partial charge in [-0.2, -0.15) is 40.2 Å². The molecule has 0 aromatic carbocycles. The zero-order chi connectivity index (χ0) is 23.9. The number of ether oxygens (including phenoxy) is 1. The Hall–Kier alpha value is -2.84. The summed E-state index contributed by atoms with van der Waals surface area (Å²) >= 11 is 1.30. The average Bonchev–Trinajstić information content (AvgIpc) is 3.11. The van der Waals surface area contributed by atoms with Crippen molar-refractivity contribution in [3.05, 3.63) is 46.8 Å². The molecule has 0 amide bonds. The van der Waals surface area contributed by atoms with Crippen LogP contribution in [0, 0.1) is 0 Å². The minimum Gasteiger partial charge on any atom is -0.483 e. The van der Waals surface area contributed by atoms with Gasteiger partial charge in [0.25, 0.3) is 5.56 Å². The highest BCUT2D eigenvalue weighted by Gasteiger charge is 2.57. The van der Waals surface area contributed by atoms with E-state index < -0.39 is 52.8 Å². The number of nitrogens with zero attached hydrogens (tertiary/aromatic N) is 4. The van der Waals surface area contributed by atoms with Crippen LogP contribution < -0.4 is 10.3 Å². The number of pyridine rings is 1. The van der Waals surface area contributed by atoms with E-state index >= 15 is 0 Å². The summed E-state index contributed by atoms with van der Waals surface area (Å²) < 4.78 is 111. The summed E-state index contributed by atoms with van der Waals surface area (Å²) in [6, 6.07) is 2.40. The number of aromatic nitrogens is 4. The summed E-state index contributed by atoms with van der Waals surface area (Å²) in [4.78, 5) is 16.2. The van der Waals surface area contributed by atoms with Crippen LogP contribution in [-0.4, -0.2) is 43.5 Å². The van der Waals surface area contributed by atoms with Crippen LogP contribution in [0.1, 0.15) is 5.69 Å². The maximum atomic E-state index is 13.6. The number of fused-ring (bicyclic) bond motifs is 1. The zero-order valence-corrected chi connectivity index (χ0v) is 16.7. The standard InChI is InChI=1S/C17H12F8N4O2S/c1-32-8-31-10-2-3-29-11(4-10)27-13(16(20,21)22)12(14(29)30)9-5-26-28(6-9)7-15(18,19)17(23,24)25/h2-6H,7-8H2,1H3. The molecule has 0 atom stereocenters. The van der Waals surface area contributed by atoms with E-state index in [-0.39, 0.29) is 16.4 Å². The van der Waals surface area contributed by atoms with Gasteiger partial charge < -0.3 is 4.74 Å². The first-order chi connectivity index (χ1) is 14.7. The Morgan fingerprint density at radius 3 is 2.41 bits per heavy atom. The first-order valence-electron chi connectivity index (χ1n) is 8.47. The molecule has 0 N–H and O–H groups in total. The van der Waals surface area contributed by atoms with Gasteiger partial charge in [-0.3, -0.25) is 13.9 Å². The molecule has 0 saturated heterocycles. The molecule has 174 valence electrons. The quantitative estimate of drug-likeness (QED) is 0.379. The van der Waals surface area contributed by atoms with Gasteiger partial charge in [0, 0.05) is 24.0 Å². The van der Waals surface area contributed by atoms with Crippen LogP contribution in [0.25, 0.3) is 16.8 Å². The number of hydrogen-bond acceptors (Lipinski definition) is 5. The molecule has 0 radical (unpaired) electrons. The minimum absolute atomic E-state index is 0.108. The van der Waals surface area contributed by atoms with Crippen LogP contribution in [0.5, 0.6) is 5.75 Å². The predicted molar refractivity (Wildman–Crippen MR) is 97.7 cm³/mol. The van der Waals surface area contributed by atoms with E-state index in [0.29, 0.717) is 12.4 Å². The van der Waals surface area contributed by atoms with Gasteiger partial charge in [0.1, 0.15) is 23.9 Å². The maximum absolute atomic E-state index is 13.6. The molecule has 15 heteroatoms. The van der Waals surface area contributed by atoms with Gasteiger partial charge in [-0.15, -0.1) is 11.8 Å². The van der Waals surface area contributed by atoms with Crippen molar-refractivity contribution in [1.82, 2.24) is 19.2 Å². The molecule has 0 spiro atoms. The lowest BCUT2D eigenvalue weighted by Crippen LogP contribution is -2.40. The topological polar surface area (TPSA) is 61.4 Å². The predicted octanol–water partition coefficient (Wildman–Crippen LogP) is 4.47. The van der Waals surface area contributed by atoms with Gasteiger partial charge in [0.15, 0.2) is 5.69 Å². The van der Waals surface area contributed by atoms with Gasteiger partial charge in [0.05, 0.1) is 11.8 Å². The third-order valence-electron chi connectivity index (χ3n) is 4.11. The number of alkyl halides is 8. The van der Waals surface area contributed by atoms with E-state index in [2.05, 4.69) is 10.1 Å². The average molecular weight is 488 g/mol. The van der Waals surface area contributed by atoms with E-state index in [9.17, 15) is 39.9 Å². The fourth-order valence-corrected chi connectivity index (χ4v) is 2.93. The molecular weight excluding hydrogens is 476 g/mol. The molecule has 6 nitrogen and oxygen atoms in total. The molecule has 3 heterocycles. The van der Waals surface area contributed by atoms with Crippen molar-refractivity contribution >= 4 is 17.4 Å². The van der Waals surface area contributed by atoms with E-state index in [1.165, 1.54) is 17.8 Å². The molecular formula is C17H12F8N4O2S. The van der Waals surface area contributed by atoms with E-state index in [4.69, 9.17) is 4.74 Å². The largest absolute Gasteiger partial charge is 0.483 e. The van der Waals surface area contributed by atoms with Crippen molar-refractivity contribution in [2.45, 2.75) is 24.8 Å². The Morgan fingerprint density at radius 1 is 1.12 bits per heavy atom. The lowest BCUT2D eigenvalue weighted by molar-refractivity contribution is -0.287. The molecule has 3 aromatic rings. The Balaban J connectivity index is 2.13. The molecule has 0 aliphatic carbocycles. The summed E-state index contributed by atoms with van der Waals surface area (Å²) in [5, 5.41) is 3.25. The van der Waals surface area contributed by atoms with Crippen molar-refractivity contribution in [3.63, 3.8) is 0 Å². The molecule has 3 aromatic heterocycles. The highest BCUT2D eigenvalue weighted by atomic mass is 32.2. The van der Waals surface area contributed by atoms with Crippen molar-refractivity contribution in [2.75, 3.05) is 12.2 Å². The summed E-state index contributed by atoms with van der Waals surface area (Å²) in [6.45, 7) is -1.98. The molecule has 0 unspecified atom stereocenters. The Labute approximate surface area is 177 Å². The third kappa shape index (κ3) is 4.66. The van der Waals surface area contributed by atoms with Crippen LogP contribution in [0.2, 0.25) is 0 Å². The molecule has 0 aliphatic rings. The van der Waals surface area contributed by atoms with Crippen molar-refractivity contribution < 1.29 is 39.9 Å². The molecule has 0 saturated carbocycles. The molecule has 0 bridgehead atoms. The van der Waals surface area contributed by atoms with E-state index in [0.717, 1.165) is 16.7 Å². The van der Waals surface area contributed by atoms with Crippen LogP contribution >= 0.6 is 11.8 Å². The summed E-state index contributed by atoms with van der Waals surface area (Å²) in [6.07, 6.45) is -7.12. The third-order valence-corrected chi connectivity index (χ3v) is 4.46. The highest BCUT2D eigenvalue weighted by molar-refractivity contribution is 7.98. The van der Waals surface area contributed by atoms with Gasteiger partial charge in [-0.25, -0.2) is 4.98 Å². The van der Waals surface area contributed by atoms with E-state index in [1.54, 1.807) is 6.26 Å². The number of hydrogen-bond donors (Lipinski definition) is 0. The molecule has 32 heavy (non-hydrogen) atoms. The van der Waals surface area contributed by atoms with Gasteiger partial charge in [-0.05, 0) is 12.3 Å². The fraction of sp³-hybridized carbons (Fsp3) is 0.353. The molecule has 3 rings (SSSR count). The van der Waals surface area contributed by atoms with Gasteiger partial charge in [-0.1, -0.05) is 0 Å². The normalized spacial score (nSPS) is 13.0. The van der Waals surface area contributed by atoms with Crippen molar-refractivity contribution in [1.29, 1.82) is 0 Å². The van der Waals surface area contributed by atoms with Crippen molar-refractivity contribution in [2.24, 2.45) is 0 Å². The van der Waals surface area contributed by atoms with Crippen LogP contribution in [0.4, 0.5) is 35.1 Å². The molecule has 0 fully saturated rings. The second-order valence-corrected chi connectivity index (χ2v) is 7.22.